The Morgan fingerprint density at radius 2 is 1.94 bits per heavy atom. The average Bonchev–Trinajstić information content (AvgIpc) is 2.22. The fourth-order valence-electron chi connectivity index (χ4n) is 1.61. The molecule has 0 saturated heterocycles. The van der Waals surface area contributed by atoms with Gasteiger partial charge in [-0.2, -0.15) is 0 Å². The lowest BCUT2D eigenvalue weighted by Crippen LogP contribution is -2.20. The van der Waals surface area contributed by atoms with E-state index < -0.39 is 0 Å². The maximum absolute atomic E-state index is 13.0. The van der Waals surface area contributed by atoms with Crippen molar-refractivity contribution in [3.8, 4) is 0 Å². The molecule has 1 atom stereocenters. The van der Waals surface area contributed by atoms with Gasteiger partial charge in [0.1, 0.15) is 5.82 Å². The molecule has 0 saturated carbocycles. The summed E-state index contributed by atoms with van der Waals surface area (Å²) in [6, 6.07) is 4.89. The second-order valence-corrected chi connectivity index (χ2v) is 6.41. The molecule has 1 unspecified atom stereocenters. The van der Waals surface area contributed by atoms with Crippen LogP contribution in [0.5, 0.6) is 0 Å². The Hall–Kier alpha value is -0.270. The Kier molecular flexibility index (Phi) is 5.27. The molecular weight excluding hydrogens is 258 g/mol. The largest absolute Gasteiger partial charge is 0.205 e. The third-order valence-corrected chi connectivity index (χ3v) is 4.01. The minimum atomic E-state index is -0.361. The molecule has 0 aliphatic heterocycles. The van der Waals surface area contributed by atoms with E-state index in [2.05, 4.69) is 20.8 Å². The van der Waals surface area contributed by atoms with E-state index in [4.69, 9.17) is 23.2 Å². The van der Waals surface area contributed by atoms with Crippen LogP contribution in [0.3, 0.4) is 0 Å². The van der Waals surface area contributed by atoms with Gasteiger partial charge in [0.05, 0.1) is 5.02 Å². The first-order valence-electron chi connectivity index (χ1n) is 5.88. The second kappa shape index (κ2) is 6.06. The molecule has 3 heteroatoms. The summed E-state index contributed by atoms with van der Waals surface area (Å²) in [4.78, 5) is 0. The van der Waals surface area contributed by atoms with Crippen LogP contribution in [-0.2, 0) is 6.42 Å². The SMILES string of the molecule is CC(C)(C)C(Cl)CCCc1ccc(F)c(Cl)c1. The molecule has 0 amide bonds. The summed E-state index contributed by atoms with van der Waals surface area (Å²) in [6.45, 7) is 6.41. The van der Waals surface area contributed by atoms with E-state index in [-0.39, 0.29) is 21.6 Å². The summed E-state index contributed by atoms with van der Waals surface area (Å²) < 4.78 is 13.0. The van der Waals surface area contributed by atoms with Crippen LogP contribution in [0.1, 0.15) is 39.2 Å². The summed E-state index contributed by atoms with van der Waals surface area (Å²) >= 11 is 12.0. The monoisotopic (exact) mass is 276 g/mol. The standard InChI is InChI=1S/C14H19Cl2F/c1-14(2,3)13(16)6-4-5-10-7-8-12(17)11(15)9-10/h7-9,13H,4-6H2,1-3H3. The van der Waals surface area contributed by atoms with E-state index in [1.807, 2.05) is 0 Å². The van der Waals surface area contributed by atoms with E-state index in [0.29, 0.717) is 0 Å². The number of aryl methyl sites for hydroxylation is 1. The molecule has 96 valence electrons. The first-order chi connectivity index (χ1) is 7.80. The van der Waals surface area contributed by atoms with Gasteiger partial charge in [0.2, 0.25) is 0 Å². The Balaban J connectivity index is 2.44. The maximum atomic E-state index is 13.0. The Morgan fingerprint density at radius 1 is 1.29 bits per heavy atom. The average molecular weight is 277 g/mol. The third-order valence-electron chi connectivity index (χ3n) is 2.85. The zero-order valence-electron chi connectivity index (χ0n) is 10.6. The van der Waals surface area contributed by atoms with Gasteiger partial charge in [-0.15, -0.1) is 11.6 Å². The van der Waals surface area contributed by atoms with Crippen LogP contribution in [0.4, 0.5) is 4.39 Å². The molecule has 0 radical (unpaired) electrons. The molecule has 0 aliphatic rings. The molecule has 0 spiro atoms. The Labute approximate surface area is 113 Å². The summed E-state index contributed by atoms with van der Waals surface area (Å²) in [5.74, 6) is -0.361. The van der Waals surface area contributed by atoms with E-state index in [9.17, 15) is 4.39 Å². The van der Waals surface area contributed by atoms with Gasteiger partial charge in [0, 0.05) is 5.38 Å². The first-order valence-corrected chi connectivity index (χ1v) is 6.70. The van der Waals surface area contributed by atoms with E-state index in [1.54, 1.807) is 12.1 Å². The molecule has 1 aromatic carbocycles. The fraction of sp³-hybridized carbons (Fsp3) is 0.571. The number of hydrogen-bond acceptors (Lipinski definition) is 0. The number of benzene rings is 1. The molecule has 1 rings (SSSR count). The number of rotatable bonds is 4. The lowest BCUT2D eigenvalue weighted by Gasteiger charge is -2.24. The fourth-order valence-corrected chi connectivity index (χ4v) is 1.97. The summed E-state index contributed by atoms with van der Waals surface area (Å²) in [5, 5.41) is 0.360. The Bertz CT molecular complexity index is 369. The van der Waals surface area contributed by atoms with Crippen molar-refractivity contribution in [3.63, 3.8) is 0 Å². The zero-order valence-corrected chi connectivity index (χ0v) is 12.1. The molecule has 1 aromatic rings. The van der Waals surface area contributed by atoms with E-state index in [1.165, 1.54) is 6.07 Å². The van der Waals surface area contributed by atoms with Crippen LogP contribution in [0.25, 0.3) is 0 Å². The predicted molar refractivity (Wildman–Crippen MR) is 73.4 cm³/mol. The van der Waals surface area contributed by atoms with E-state index in [0.717, 1.165) is 24.8 Å². The Morgan fingerprint density at radius 3 is 2.47 bits per heavy atom. The number of hydrogen-bond donors (Lipinski definition) is 0. The van der Waals surface area contributed by atoms with Crippen LogP contribution in [0, 0.1) is 11.2 Å². The molecule has 17 heavy (non-hydrogen) atoms. The lowest BCUT2D eigenvalue weighted by atomic mass is 9.88. The van der Waals surface area contributed by atoms with Gasteiger partial charge in [-0.05, 0) is 42.4 Å². The second-order valence-electron chi connectivity index (χ2n) is 5.47. The van der Waals surface area contributed by atoms with Crippen molar-refractivity contribution >= 4 is 23.2 Å². The smallest absolute Gasteiger partial charge is 0.141 e. The minimum Gasteiger partial charge on any atom is -0.205 e. The summed E-state index contributed by atoms with van der Waals surface area (Å²) in [7, 11) is 0. The van der Waals surface area contributed by atoms with Crippen molar-refractivity contribution in [1.82, 2.24) is 0 Å². The lowest BCUT2D eigenvalue weighted by molar-refractivity contribution is 0.369. The molecule has 0 fully saturated rings. The van der Waals surface area contributed by atoms with Crippen molar-refractivity contribution < 1.29 is 4.39 Å². The highest BCUT2D eigenvalue weighted by atomic mass is 35.5. The van der Waals surface area contributed by atoms with Gasteiger partial charge in [-0.1, -0.05) is 38.4 Å². The van der Waals surface area contributed by atoms with E-state index >= 15 is 0 Å². The van der Waals surface area contributed by atoms with Gasteiger partial charge < -0.3 is 0 Å². The van der Waals surface area contributed by atoms with Gasteiger partial charge in [-0.25, -0.2) is 4.39 Å². The molecule has 0 N–H and O–H groups in total. The molecule has 0 aliphatic carbocycles. The third kappa shape index (κ3) is 4.85. The first kappa shape index (κ1) is 14.8. The van der Waals surface area contributed by atoms with Crippen LogP contribution in [-0.4, -0.2) is 5.38 Å². The summed E-state index contributed by atoms with van der Waals surface area (Å²) in [5.41, 5.74) is 1.19. The van der Waals surface area contributed by atoms with Gasteiger partial charge >= 0.3 is 0 Å². The normalized spacial score (nSPS) is 13.8. The van der Waals surface area contributed by atoms with Gasteiger partial charge in [-0.3, -0.25) is 0 Å². The van der Waals surface area contributed by atoms with Crippen LogP contribution < -0.4 is 0 Å². The topological polar surface area (TPSA) is 0 Å². The van der Waals surface area contributed by atoms with Gasteiger partial charge in [0.25, 0.3) is 0 Å². The van der Waals surface area contributed by atoms with Crippen molar-refractivity contribution in [3.05, 3.63) is 34.6 Å². The quantitative estimate of drug-likeness (QED) is 0.641. The highest BCUT2D eigenvalue weighted by Crippen LogP contribution is 2.28. The van der Waals surface area contributed by atoms with Crippen LogP contribution in [0.2, 0.25) is 5.02 Å². The molecule has 0 heterocycles. The zero-order chi connectivity index (χ0) is 13.1. The van der Waals surface area contributed by atoms with Crippen molar-refractivity contribution in [2.45, 2.75) is 45.4 Å². The van der Waals surface area contributed by atoms with Crippen molar-refractivity contribution in [2.24, 2.45) is 5.41 Å². The molecule has 0 nitrogen and oxygen atoms in total. The van der Waals surface area contributed by atoms with Crippen molar-refractivity contribution in [1.29, 1.82) is 0 Å². The highest BCUT2D eigenvalue weighted by Gasteiger charge is 2.21. The van der Waals surface area contributed by atoms with Crippen LogP contribution in [0.15, 0.2) is 18.2 Å². The van der Waals surface area contributed by atoms with Crippen LogP contribution >= 0.6 is 23.2 Å². The van der Waals surface area contributed by atoms with Gasteiger partial charge in [0.15, 0.2) is 0 Å². The van der Waals surface area contributed by atoms with Crippen molar-refractivity contribution in [2.75, 3.05) is 0 Å². The summed E-state index contributed by atoms with van der Waals surface area (Å²) in [6.07, 6.45) is 2.84. The molecule has 0 bridgehead atoms. The maximum Gasteiger partial charge on any atom is 0.141 e. The number of halogens is 3. The minimum absolute atomic E-state index is 0.127. The molecule has 0 aromatic heterocycles. The highest BCUT2D eigenvalue weighted by molar-refractivity contribution is 6.30. The number of alkyl halides is 1. The predicted octanol–water partition coefficient (Wildman–Crippen LogP) is 5.46. The molecular formula is C14H19Cl2F.